The number of carbonyl (C=O) groups is 3. The van der Waals surface area contributed by atoms with E-state index in [9.17, 15) is 14.4 Å². The lowest BCUT2D eigenvalue weighted by Crippen LogP contribution is -2.46. The smallest absolute Gasteiger partial charge is 0.328 e. The summed E-state index contributed by atoms with van der Waals surface area (Å²) in [6, 6.07) is 0. The second kappa shape index (κ2) is 4.69. The van der Waals surface area contributed by atoms with E-state index in [0.29, 0.717) is 18.4 Å². The first-order chi connectivity index (χ1) is 7.71. The van der Waals surface area contributed by atoms with E-state index in [2.05, 4.69) is 0 Å². The van der Waals surface area contributed by atoms with Gasteiger partial charge in [0.2, 0.25) is 11.8 Å². The van der Waals surface area contributed by atoms with Gasteiger partial charge in [-0.05, 0) is 17.9 Å². The molecule has 0 spiro atoms. The molecule has 17 heavy (non-hydrogen) atoms. The Morgan fingerprint density at radius 1 is 1.35 bits per heavy atom. The standard InChI is InChI=1S/C12H17NO4/c1-8(4-11(16)17)7-13-9(14)5-12(2,3)6-10(13)15/h4H,5-7H2,1-3H3,(H,16,17). The third kappa shape index (κ3) is 3.69. The highest BCUT2D eigenvalue weighted by Gasteiger charge is 2.37. The summed E-state index contributed by atoms with van der Waals surface area (Å²) in [4.78, 5) is 35.1. The van der Waals surface area contributed by atoms with E-state index in [1.165, 1.54) is 0 Å². The number of likely N-dealkylation sites (tertiary alicyclic amines) is 1. The van der Waals surface area contributed by atoms with Gasteiger partial charge in [0.1, 0.15) is 0 Å². The topological polar surface area (TPSA) is 74.7 Å². The van der Waals surface area contributed by atoms with Crippen molar-refractivity contribution in [3.63, 3.8) is 0 Å². The van der Waals surface area contributed by atoms with Crippen molar-refractivity contribution in [1.82, 2.24) is 4.90 Å². The zero-order chi connectivity index (χ0) is 13.2. The molecule has 0 aliphatic carbocycles. The molecule has 0 radical (unpaired) electrons. The SMILES string of the molecule is CC(=CC(=O)O)CN1C(=O)CC(C)(C)CC1=O. The molecule has 1 N–H and O–H groups in total. The fourth-order valence-electron chi connectivity index (χ4n) is 1.89. The highest BCUT2D eigenvalue weighted by molar-refractivity contribution is 5.98. The van der Waals surface area contributed by atoms with E-state index in [1.807, 2.05) is 13.8 Å². The van der Waals surface area contributed by atoms with Crippen LogP contribution in [0.25, 0.3) is 0 Å². The van der Waals surface area contributed by atoms with Gasteiger partial charge >= 0.3 is 5.97 Å². The lowest BCUT2D eigenvalue weighted by Gasteiger charge is -2.34. The summed E-state index contributed by atoms with van der Waals surface area (Å²) in [5.74, 6) is -1.53. The van der Waals surface area contributed by atoms with E-state index in [1.54, 1.807) is 6.92 Å². The molecule has 94 valence electrons. The van der Waals surface area contributed by atoms with E-state index in [-0.39, 0.29) is 23.8 Å². The van der Waals surface area contributed by atoms with Gasteiger partial charge in [0.15, 0.2) is 0 Å². The minimum atomic E-state index is -1.07. The maximum Gasteiger partial charge on any atom is 0.328 e. The number of piperidine rings is 1. The minimum Gasteiger partial charge on any atom is -0.478 e. The highest BCUT2D eigenvalue weighted by atomic mass is 16.4. The van der Waals surface area contributed by atoms with Crippen LogP contribution in [-0.4, -0.2) is 34.3 Å². The van der Waals surface area contributed by atoms with Gasteiger partial charge in [0.05, 0.1) is 0 Å². The second-order valence-electron chi connectivity index (χ2n) is 5.22. The van der Waals surface area contributed by atoms with Crippen molar-refractivity contribution in [2.45, 2.75) is 33.6 Å². The number of carbonyl (C=O) groups excluding carboxylic acids is 2. The van der Waals surface area contributed by atoms with Crippen LogP contribution in [0.1, 0.15) is 33.6 Å². The summed E-state index contributed by atoms with van der Waals surface area (Å²) in [5.41, 5.74) is 0.189. The van der Waals surface area contributed by atoms with Crippen LogP contribution in [0.3, 0.4) is 0 Å². The summed E-state index contributed by atoms with van der Waals surface area (Å²) in [6.45, 7) is 5.41. The summed E-state index contributed by atoms with van der Waals surface area (Å²) >= 11 is 0. The minimum absolute atomic E-state index is 0.0695. The number of hydrogen-bond donors (Lipinski definition) is 1. The van der Waals surface area contributed by atoms with Crippen LogP contribution in [0.15, 0.2) is 11.6 Å². The van der Waals surface area contributed by atoms with Crippen molar-refractivity contribution in [3.05, 3.63) is 11.6 Å². The molecule has 1 aliphatic rings. The Kier molecular flexibility index (Phi) is 3.70. The monoisotopic (exact) mass is 239 g/mol. The van der Waals surface area contributed by atoms with Gasteiger partial charge in [-0.25, -0.2) is 4.79 Å². The third-order valence-corrected chi connectivity index (χ3v) is 2.64. The molecule has 1 saturated heterocycles. The lowest BCUT2D eigenvalue weighted by atomic mass is 9.81. The highest BCUT2D eigenvalue weighted by Crippen LogP contribution is 2.31. The first kappa shape index (κ1) is 13.4. The van der Waals surface area contributed by atoms with E-state index >= 15 is 0 Å². The normalized spacial score (nSPS) is 20.6. The average molecular weight is 239 g/mol. The van der Waals surface area contributed by atoms with Crippen LogP contribution in [0.2, 0.25) is 0 Å². The molecule has 1 rings (SSSR count). The Hall–Kier alpha value is -1.65. The number of amides is 2. The summed E-state index contributed by atoms with van der Waals surface area (Å²) in [6.07, 6.45) is 1.65. The van der Waals surface area contributed by atoms with Crippen molar-refractivity contribution < 1.29 is 19.5 Å². The predicted octanol–water partition coefficient (Wildman–Crippen LogP) is 1.19. The van der Waals surface area contributed by atoms with Crippen LogP contribution in [0.5, 0.6) is 0 Å². The van der Waals surface area contributed by atoms with Gasteiger partial charge in [-0.15, -0.1) is 0 Å². The number of hydrogen-bond acceptors (Lipinski definition) is 3. The molecule has 5 heteroatoms. The molecule has 0 unspecified atom stereocenters. The van der Waals surface area contributed by atoms with Crippen molar-refractivity contribution in [3.8, 4) is 0 Å². The summed E-state index contributed by atoms with van der Waals surface area (Å²) in [7, 11) is 0. The van der Waals surface area contributed by atoms with Crippen LogP contribution in [0, 0.1) is 5.41 Å². The summed E-state index contributed by atoms with van der Waals surface area (Å²) < 4.78 is 0. The first-order valence-corrected chi connectivity index (χ1v) is 5.44. The number of carboxylic acids is 1. The molecular weight excluding hydrogens is 222 g/mol. The Labute approximate surface area is 100 Å². The molecule has 5 nitrogen and oxygen atoms in total. The van der Waals surface area contributed by atoms with Crippen molar-refractivity contribution in [1.29, 1.82) is 0 Å². The van der Waals surface area contributed by atoms with Crippen molar-refractivity contribution in [2.75, 3.05) is 6.54 Å². The van der Waals surface area contributed by atoms with Crippen LogP contribution < -0.4 is 0 Å². The fourth-order valence-corrected chi connectivity index (χ4v) is 1.89. The molecule has 0 saturated carbocycles. The summed E-state index contributed by atoms with van der Waals surface area (Å²) in [5, 5.41) is 8.56. The average Bonchev–Trinajstić information content (AvgIpc) is 2.08. The molecule has 2 amide bonds. The Balaban J connectivity index is 2.76. The van der Waals surface area contributed by atoms with Crippen LogP contribution in [0.4, 0.5) is 0 Å². The van der Waals surface area contributed by atoms with Crippen LogP contribution >= 0.6 is 0 Å². The van der Waals surface area contributed by atoms with Gasteiger partial charge in [-0.3, -0.25) is 14.5 Å². The van der Waals surface area contributed by atoms with E-state index < -0.39 is 5.97 Å². The third-order valence-electron chi connectivity index (χ3n) is 2.64. The molecular formula is C12H17NO4. The van der Waals surface area contributed by atoms with E-state index in [4.69, 9.17) is 5.11 Å². The maximum atomic E-state index is 11.8. The first-order valence-electron chi connectivity index (χ1n) is 5.44. The number of imide groups is 1. The molecule has 0 aromatic rings. The molecule has 0 aromatic carbocycles. The van der Waals surface area contributed by atoms with Crippen LogP contribution in [-0.2, 0) is 14.4 Å². The Bertz CT molecular complexity index is 375. The Morgan fingerprint density at radius 3 is 2.24 bits per heavy atom. The number of carboxylic acid groups (broad SMARTS) is 1. The van der Waals surface area contributed by atoms with Gasteiger partial charge in [-0.1, -0.05) is 13.8 Å². The number of nitrogens with zero attached hydrogens (tertiary/aromatic N) is 1. The maximum absolute atomic E-state index is 11.8. The van der Waals surface area contributed by atoms with E-state index in [0.717, 1.165) is 11.0 Å². The lowest BCUT2D eigenvalue weighted by molar-refractivity contribution is -0.152. The predicted molar refractivity (Wildman–Crippen MR) is 61.1 cm³/mol. The van der Waals surface area contributed by atoms with Gasteiger partial charge in [-0.2, -0.15) is 0 Å². The zero-order valence-electron chi connectivity index (χ0n) is 10.3. The van der Waals surface area contributed by atoms with Gasteiger partial charge in [0.25, 0.3) is 0 Å². The fraction of sp³-hybridized carbons (Fsp3) is 0.583. The molecule has 1 aliphatic heterocycles. The van der Waals surface area contributed by atoms with Gasteiger partial charge < -0.3 is 5.11 Å². The molecule has 0 aromatic heterocycles. The zero-order valence-corrected chi connectivity index (χ0v) is 10.3. The molecule has 0 atom stereocenters. The van der Waals surface area contributed by atoms with Crippen molar-refractivity contribution in [2.24, 2.45) is 5.41 Å². The quantitative estimate of drug-likeness (QED) is 0.593. The number of rotatable bonds is 3. The largest absolute Gasteiger partial charge is 0.478 e. The molecule has 1 heterocycles. The molecule has 1 fully saturated rings. The molecule has 0 bridgehead atoms. The number of aliphatic carboxylic acids is 1. The Morgan fingerprint density at radius 2 is 1.82 bits per heavy atom. The van der Waals surface area contributed by atoms with Gasteiger partial charge in [0, 0.05) is 25.5 Å². The second-order valence-corrected chi connectivity index (χ2v) is 5.22. The van der Waals surface area contributed by atoms with Crippen molar-refractivity contribution >= 4 is 17.8 Å².